The van der Waals surface area contributed by atoms with E-state index >= 15 is 0 Å². The highest BCUT2D eigenvalue weighted by molar-refractivity contribution is 6.64. The van der Waals surface area contributed by atoms with Crippen molar-refractivity contribution in [1.29, 1.82) is 0 Å². The molecular weight excluding hydrogens is 286 g/mol. The van der Waals surface area contributed by atoms with Crippen LogP contribution in [-0.2, 0) is 4.79 Å². The molecule has 0 spiro atoms. The van der Waals surface area contributed by atoms with Gasteiger partial charge in [-0.25, -0.2) is 0 Å². The molecule has 116 valence electrons. The summed E-state index contributed by atoms with van der Waals surface area (Å²) in [5.74, 6) is -0.828. The van der Waals surface area contributed by atoms with Crippen LogP contribution in [0.4, 0.5) is 5.69 Å². The number of fused-ring (bicyclic) bond motifs is 1. The van der Waals surface area contributed by atoms with E-state index in [0.717, 1.165) is 29.9 Å². The van der Waals surface area contributed by atoms with Gasteiger partial charge < -0.3 is 4.90 Å². The summed E-state index contributed by atoms with van der Waals surface area (Å²) in [6.45, 7) is 6.16. The maximum Gasteiger partial charge on any atom is 0.234 e. The molecule has 23 heavy (non-hydrogen) atoms. The fourth-order valence-electron chi connectivity index (χ4n) is 2.96. The van der Waals surface area contributed by atoms with Gasteiger partial charge in [0.05, 0.1) is 0 Å². The lowest BCUT2D eigenvalue weighted by molar-refractivity contribution is -0.109. The molecule has 0 saturated carbocycles. The smallest absolute Gasteiger partial charge is 0.234 e. The highest BCUT2D eigenvalue weighted by Gasteiger charge is 2.32. The quantitative estimate of drug-likeness (QED) is 0.636. The summed E-state index contributed by atoms with van der Waals surface area (Å²) < 4.78 is 0. The molecule has 0 saturated heterocycles. The number of anilines is 1. The Morgan fingerprint density at radius 2 is 1.43 bits per heavy atom. The molecule has 0 heterocycles. The van der Waals surface area contributed by atoms with Gasteiger partial charge in [-0.05, 0) is 43.2 Å². The molecule has 0 amide bonds. The molecule has 0 aromatic heterocycles. The average Bonchev–Trinajstić information content (AvgIpc) is 2.83. The number of hydrogen-bond donors (Lipinski definition) is 0. The summed E-state index contributed by atoms with van der Waals surface area (Å²) in [5.41, 5.74) is 3.81. The summed E-state index contributed by atoms with van der Waals surface area (Å²) in [6.07, 6.45) is 1.80. The Morgan fingerprint density at radius 3 is 2.04 bits per heavy atom. The number of hydrogen-bond acceptors (Lipinski definition) is 3. The van der Waals surface area contributed by atoms with Crippen LogP contribution in [0.2, 0.25) is 0 Å². The molecule has 1 aliphatic carbocycles. The van der Waals surface area contributed by atoms with Crippen molar-refractivity contribution < 1.29 is 9.59 Å². The van der Waals surface area contributed by atoms with Crippen molar-refractivity contribution in [3.8, 4) is 0 Å². The molecule has 0 atom stereocenters. The van der Waals surface area contributed by atoms with Gasteiger partial charge in [0.15, 0.2) is 0 Å². The van der Waals surface area contributed by atoms with Crippen LogP contribution in [0.25, 0.3) is 11.6 Å². The number of nitrogens with zero attached hydrogens (tertiary/aromatic N) is 1. The van der Waals surface area contributed by atoms with Crippen LogP contribution in [0.15, 0.2) is 48.5 Å². The highest BCUT2D eigenvalue weighted by atomic mass is 16.2. The first-order valence-corrected chi connectivity index (χ1v) is 7.90. The van der Waals surface area contributed by atoms with E-state index in [1.807, 2.05) is 36.4 Å². The lowest BCUT2D eigenvalue weighted by atomic mass is 10.0. The number of allylic oxidation sites excluding steroid dienone is 1. The van der Waals surface area contributed by atoms with Crippen LogP contribution in [-0.4, -0.2) is 24.7 Å². The minimum absolute atomic E-state index is 0.411. The zero-order valence-electron chi connectivity index (χ0n) is 13.4. The van der Waals surface area contributed by atoms with Crippen LogP contribution >= 0.6 is 0 Å². The molecule has 0 unspecified atom stereocenters. The Balaban J connectivity index is 1.96. The fraction of sp³-hybridized carbons (Fsp3) is 0.200. The van der Waals surface area contributed by atoms with Gasteiger partial charge in [-0.15, -0.1) is 0 Å². The molecule has 3 nitrogen and oxygen atoms in total. The summed E-state index contributed by atoms with van der Waals surface area (Å²) >= 11 is 0. The monoisotopic (exact) mass is 305 g/mol. The Morgan fingerprint density at radius 1 is 0.826 bits per heavy atom. The van der Waals surface area contributed by atoms with Crippen molar-refractivity contribution in [2.75, 3.05) is 18.0 Å². The number of carbonyl (C=O) groups excluding carboxylic acids is 2. The van der Waals surface area contributed by atoms with Gasteiger partial charge in [-0.1, -0.05) is 36.4 Å². The second-order valence-electron chi connectivity index (χ2n) is 5.53. The Bertz CT molecular complexity index is 784. The molecule has 0 N–H and O–H groups in total. The van der Waals surface area contributed by atoms with E-state index in [0.29, 0.717) is 11.1 Å². The minimum atomic E-state index is -0.418. The van der Waals surface area contributed by atoms with E-state index < -0.39 is 11.6 Å². The zero-order chi connectivity index (χ0) is 16.4. The molecule has 3 heteroatoms. The first-order valence-electron chi connectivity index (χ1n) is 7.90. The van der Waals surface area contributed by atoms with Crippen molar-refractivity contribution in [3.63, 3.8) is 0 Å². The highest BCUT2D eigenvalue weighted by Crippen LogP contribution is 2.31. The van der Waals surface area contributed by atoms with Crippen molar-refractivity contribution in [3.05, 3.63) is 65.2 Å². The summed E-state index contributed by atoms with van der Waals surface area (Å²) in [7, 11) is 0. The van der Waals surface area contributed by atoms with E-state index in [1.54, 1.807) is 18.2 Å². The predicted molar refractivity (Wildman–Crippen MR) is 93.7 cm³/mol. The second-order valence-corrected chi connectivity index (χ2v) is 5.53. The third kappa shape index (κ3) is 2.70. The normalized spacial score (nSPS) is 15.1. The van der Waals surface area contributed by atoms with Crippen molar-refractivity contribution >= 4 is 28.9 Å². The molecule has 2 aromatic rings. The van der Waals surface area contributed by atoms with Crippen molar-refractivity contribution in [2.45, 2.75) is 13.8 Å². The average molecular weight is 305 g/mol. The number of rotatable bonds is 4. The van der Waals surface area contributed by atoms with Crippen LogP contribution in [0, 0.1) is 0 Å². The van der Waals surface area contributed by atoms with Crippen LogP contribution in [0.3, 0.4) is 0 Å². The van der Waals surface area contributed by atoms with Crippen LogP contribution in [0.5, 0.6) is 0 Å². The Labute approximate surface area is 136 Å². The maximum absolute atomic E-state index is 12.2. The molecule has 0 fully saturated rings. The lowest BCUT2D eigenvalue weighted by Gasteiger charge is -2.20. The maximum atomic E-state index is 12.2. The fourth-order valence-corrected chi connectivity index (χ4v) is 2.96. The number of carbonyl (C=O) groups is 2. The zero-order valence-corrected chi connectivity index (χ0v) is 13.4. The molecular formula is C20H19NO2. The standard InChI is InChI=1S/C20H19NO2/c1-3-21(4-2)15-11-9-14(10-12-15)13-18-16-7-5-6-8-17(16)19(22)20(18)23/h5-13H,3-4H2,1-2H3/b18-13+. The molecule has 0 bridgehead atoms. The third-order valence-corrected chi connectivity index (χ3v) is 4.25. The SMILES string of the molecule is CCN(CC)c1ccc(/C=C2/C(=O)C(=O)c3ccccc32)cc1. The minimum Gasteiger partial charge on any atom is -0.372 e. The van der Waals surface area contributed by atoms with Crippen molar-refractivity contribution in [1.82, 2.24) is 0 Å². The topological polar surface area (TPSA) is 37.4 Å². The molecule has 1 aliphatic rings. The summed E-state index contributed by atoms with van der Waals surface area (Å²) in [5, 5.41) is 0. The summed E-state index contributed by atoms with van der Waals surface area (Å²) in [6, 6.07) is 15.2. The molecule has 0 radical (unpaired) electrons. The first kappa shape index (κ1) is 15.2. The van der Waals surface area contributed by atoms with E-state index in [2.05, 4.69) is 18.7 Å². The Kier molecular flexibility index (Phi) is 4.11. The van der Waals surface area contributed by atoms with Gasteiger partial charge in [0.2, 0.25) is 11.6 Å². The van der Waals surface area contributed by atoms with E-state index in [-0.39, 0.29) is 0 Å². The predicted octanol–water partition coefficient (Wildman–Crippen LogP) is 3.84. The van der Waals surface area contributed by atoms with Gasteiger partial charge in [0.1, 0.15) is 0 Å². The van der Waals surface area contributed by atoms with E-state index in [9.17, 15) is 9.59 Å². The van der Waals surface area contributed by atoms with Crippen LogP contribution < -0.4 is 4.90 Å². The van der Waals surface area contributed by atoms with E-state index in [1.165, 1.54) is 0 Å². The van der Waals surface area contributed by atoms with Gasteiger partial charge in [-0.2, -0.15) is 0 Å². The number of Topliss-reactive ketones (excluding diaryl/α,β-unsaturated/α-hetero) is 2. The third-order valence-electron chi connectivity index (χ3n) is 4.25. The summed E-state index contributed by atoms with van der Waals surface area (Å²) in [4.78, 5) is 26.5. The first-order chi connectivity index (χ1) is 11.2. The number of ketones is 2. The number of benzene rings is 2. The van der Waals surface area contributed by atoms with Gasteiger partial charge in [0.25, 0.3) is 0 Å². The van der Waals surface area contributed by atoms with Gasteiger partial charge >= 0.3 is 0 Å². The van der Waals surface area contributed by atoms with E-state index in [4.69, 9.17) is 0 Å². The van der Waals surface area contributed by atoms with Gasteiger partial charge in [-0.3, -0.25) is 9.59 Å². The Hall–Kier alpha value is -2.68. The second kappa shape index (κ2) is 6.21. The molecule has 0 aliphatic heterocycles. The lowest BCUT2D eigenvalue weighted by Crippen LogP contribution is -2.21. The van der Waals surface area contributed by atoms with Crippen molar-refractivity contribution in [2.24, 2.45) is 0 Å². The largest absolute Gasteiger partial charge is 0.372 e. The van der Waals surface area contributed by atoms with Crippen LogP contribution in [0.1, 0.15) is 35.3 Å². The molecule has 3 rings (SSSR count). The van der Waals surface area contributed by atoms with Gasteiger partial charge in [0, 0.05) is 29.9 Å². The molecule has 2 aromatic carbocycles.